The number of alkyl halides is 3. The molecule has 1 aromatic rings. The van der Waals surface area contributed by atoms with Crippen LogP contribution in [-0.4, -0.2) is 7.05 Å². The van der Waals surface area contributed by atoms with Crippen molar-refractivity contribution in [1.29, 1.82) is 0 Å². The average Bonchev–Trinajstić information content (AvgIpc) is 2.26. The Hall–Kier alpha value is -0.500. The molecular formula is C10H11F3INO. The van der Waals surface area contributed by atoms with E-state index in [2.05, 4.69) is 5.32 Å². The predicted octanol–water partition coefficient (Wildman–Crippen LogP) is 3.71. The summed E-state index contributed by atoms with van der Waals surface area (Å²) >= 11 is 1.56. The molecule has 90 valence electrons. The molecule has 0 radical (unpaired) electrons. The highest BCUT2D eigenvalue weighted by atomic mass is 127. The van der Waals surface area contributed by atoms with Crippen molar-refractivity contribution >= 4 is 23.0 Å². The van der Waals surface area contributed by atoms with Crippen LogP contribution < -0.4 is 8.38 Å². The van der Waals surface area contributed by atoms with Gasteiger partial charge in [-0.3, -0.25) is 0 Å². The molecule has 16 heavy (non-hydrogen) atoms. The maximum atomic E-state index is 12.6. The van der Waals surface area contributed by atoms with Gasteiger partial charge in [0.15, 0.2) is 23.0 Å². The van der Waals surface area contributed by atoms with Gasteiger partial charge in [0, 0.05) is 6.04 Å². The quantitative estimate of drug-likeness (QED) is 0.844. The Morgan fingerprint density at radius 2 is 1.94 bits per heavy atom. The lowest BCUT2D eigenvalue weighted by atomic mass is 10.0. The fourth-order valence-electron chi connectivity index (χ4n) is 1.25. The van der Waals surface area contributed by atoms with Crippen LogP contribution in [0.25, 0.3) is 0 Å². The van der Waals surface area contributed by atoms with Gasteiger partial charge in [0.25, 0.3) is 0 Å². The van der Waals surface area contributed by atoms with Gasteiger partial charge in [0.05, 0.1) is 5.56 Å². The number of hydrogen-bond acceptors (Lipinski definition) is 2. The van der Waals surface area contributed by atoms with E-state index in [1.54, 1.807) is 43.0 Å². The van der Waals surface area contributed by atoms with E-state index >= 15 is 0 Å². The lowest BCUT2D eigenvalue weighted by Crippen LogP contribution is -2.14. The summed E-state index contributed by atoms with van der Waals surface area (Å²) in [5, 5.41) is 2.89. The van der Waals surface area contributed by atoms with Crippen LogP contribution in [0.2, 0.25) is 0 Å². The molecule has 0 aliphatic rings. The first-order valence-corrected chi connectivity index (χ1v) is 5.44. The molecule has 0 saturated heterocycles. The Kier molecular flexibility index (Phi) is 4.43. The molecule has 0 aliphatic heterocycles. The predicted molar refractivity (Wildman–Crippen MR) is 63.6 cm³/mol. The Morgan fingerprint density at radius 1 is 1.31 bits per heavy atom. The van der Waals surface area contributed by atoms with Gasteiger partial charge in [0.1, 0.15) is 5.75 Å². The third kappa shape index (κ3) is 3.24. The Balaban J connectivity index is 3.21. The van der Waals surface area contributed by atoms with Gasteiger partial charge in [-0.25, -0.2) is 0 Å². The second kappa shape index (κ2) is 5.22. The fourth-order valence-corrected chi connectivity index (χ4v) is 1.50. The molecule has 0 fully saturated rings. The smallest absolute Gasteiger partial charge is 0.416 e. The second-order valence-electron chi connectivity index (χ2n) is 3.38. The van der Waals surface area contributed by atoms with Gasteiger partial charge in [-0.2, -0.15) is 13.2 Å². The van der Waals surface area contributed by atoms with Crippen LogP contribution in [0.1, 0.15) is 24.1 Å². The summed E-state index contributed by atoms with van der Waals surface area (Å²) in [6.45, 7) is 1.78. The molecule has 0 amide bonds. The van der Waals surface area contributed by atoms with Crippen molar-refractivity contribution in [2.24, 2.45) is 0 Å². The van der Waals surface area contributed by atoms with Crippen LogP contribution in [0.5, 0.6) is 5.75 Å². The van der Waals surface area contributed by atoms with Crippen LogP contribution in [-0.2, 0) is 6.18 Å². The van der Waals surface area contributed by atoms with Crippen molar-refractivity contribution in [1.82, 2.24) is 5.32 Å². The van der Waals surface area contributed by atoms with Crippen molar-refractivity contribution in [3.63, 3.8) is 0 Å². The average molecular weight is 345 g/mol. The molecule has 1 aromatic carbocycles. The highest BCUT2D eigenvalue weighted by Gasteiger charge is 2.31. The van der Waals surface area contributed by atoms with Gasteiger partial charge in [0.2, 0.25) is 0 Å². The zero-order valence-corrected chi connectivity index (χ0v) is 10.9. The minimum Gasteiger partial charge on any atom is -0.428 e. The summed E-state index contributed by atoms with van der Waals surface area (Å²) in [5.41, 5.74) is -0.150. The van der Waals surface area contributed by atoms with E-state index in [1.807, 2.05) is 0 Å². The third-order valence-corrected chi connectivity index (χ3v) is 2.79. The molecule has 1 atom stereocenters. The third-order valence-electron chi connectivity index (χ3n) is 2.28. The molecule has 2 nitrogen and oxygen atoms in total. The second-order valence-corrected chi connectivity index (χ2v) is 3.82. The van der Waals surface area contributed by atoms with Gasteiger partial charge < -0.3 is 8.38 Å². The van der Waals surface area contributed by atoms with Gasteiger partial charge in [-0.05, 0) is 37.7 Å². The lowest BCUT2D eigenvalue weighted by molar-refractivity contribution is -0.137. The number of benzene rings is 1. The van der Waals surface area contributed by atoms with E-state index in [4.69, 9.17) is 3.07 Å². The van der Waals surface area contributed by atoms with Gasteiger partial charge >= 0.3 is 6.18 Å². The van der Waals surface area contributed by atoms with E-state index < -0.39 is 11.7 Å². The molecule has 1 N–H and O–H groups in total. The van der Waals surface area contributed by atoms with E-state index in [0.29, 0.717) is 5.56 Å². The van der Waals surface area contributed by atoms with E-state index in [0.717, 1.165) is 12.1 Å². The van der Waals surface area contributed by atoms with E-state index in [-0.39, 0.29) is 11.8 Å². The molecule has 0 bridgehead atoms. The topological polar surface area (TPSA) is 21.3 Å². The SMILES string of the molecule is CNC(C)c1cc(OI)cc(C(F)(F)F)c1. The summed E-state index contributed by atoms with van der Waals surface area (Å²) in [4.78, 5) is 0. The monoisotopic (exact) mass is 345 g/mol. The Morgan fingerprint density at radius 3 is 2.38 bits per heavy atom. The van der Waals surface area contributed by atoms with E-state index in [1.165, 1.54) is 0 Å². The Labute approximate surface area is 106 Å². The van der Waals surface area contributed by atoms with Crippen molar-refractivity contribution in [3.8, 4) is 5.75 Å². The first-order chi connectivity index (χ1) is 7.38. The lowest BCUT2D eigenvalue weighted by Gasteiger charge is -2.15. The van der Waals surface area contributed by atoms with E-state index in [9.17, 15) is 13.2 Å². The van der Waals surface area contributed by atoms with Crippen molar-refractivity contribution in [2.45, 2.75) is 19.1 Å². The van der Waals surface area contributed by atoms with Crippen LogP contribution in [0.4, 0.5) is 13.2 Å². The molecule has 0 saturated carbocycles. The standard InChI is InChI=1S/C10H11F3INO/c1-6(15-2)7-3-8(10(11,12)13)5-9(4-7)16-14/h3-6,15H,1-2H3. The molecule has 1 unspecified atom stereocenters. The summed E-state index contributed by atoms with van der Waals surface area (Å²) in [6, 6.07) is 3.54. The summed E-state index contributed by atoms with van der Waals surface area (Å²) < 4.78 is 42.5. The molecule has 0 aliphatic carbocycles. The first-order valence-electron chi connectivity index (χ1n) is 4.56. The zero-order valence-electron chi connectivity index (χ0n) is 8.73. The minimum atomic E-state index is -4.35. The number of halogens is 4. The zero-order chi connectivity index (χ0) is 12.3. The van der Waals surface area contributed by atoms with Crippen LogP contribution in [0.3, 0.4) is 0 Å². The number of rotatable bonds is 3. The van der Waals surface area contributed by atoms with Crippen molar-refractivity contribution in [2.75, 3.05) is 7.05 Å². The maximum absolute atomic E-state index is 12.6. The summed E-state index contributed by atoms with van der Waals surface area (Å²) in [7, 11) is 1.69. The molecule has 0 aromatic heterocycles. The largest absolute Gasteiger partial charge is 0.428 e. The van der Waals surface area contributed by atoms with Gasteiger partial charge in [-0.15, -0.1) is 0 Å². The molecule has 6 heteroatoms. The fraction of sp³-hybridized carbons (Fsp3) is 0.400. The van der Waals surface area contributed by atoms with Crippen LogP contribution in [0, 0.1) is 0 Å². The molecule has 0 spiro atoms. The maximum Gasteiger partial charge on any atom is 0.416 e. The van der Waals surface area contributed by atoms with Crippen LogP contribution >= 0.6 is 23.0 Å². The normalized spacial score (nSPS) is 13.6. The number of hydrogen-bond donors (Lipinski definition) is 1. The van der Waals surface area contributed by atoms with Crippen molar-refractivity contribution < 1.29 is 16.2 Å². The first kappa shape index (κ1) is 13.6. The highest BCUT2D eigenvalue weighted by Crippen LogP contribution is 2.34. The number of nitrogens with one attached hydrogen (secondary N) is 1. The Bertz CT molecular complexity index is 368. The molecule has 0 heterocycles. The summed E-state index contributed by atoms with van der Waals surface area (Å²) in [5.74, 6) is 0.201. The van der Waals surface area contributed by atoms with Crippen molar-refractivity contribution in [3.05, 3.63) is 29.3 Å². The van der Waals surface area contributed by atoms with Crippen LogP contribution in [0.15, 0.2) is 18.2 Å². The minimum absolute atomic E-state index is 0.160. The molecular weight excluding hydrogens is 334 g/mol. The summed E-state index contributed by atoms with van der Waals surface area (Å²) in [6.07, 6.45) is -4.35. The highest BCUT2D eigenvalue weighted by molar-refractivity contribution is 14.1. The van der Waals surface area contributed by atoms with Gasteiger partial charge in [-0.1, -0.05) is 0 Å². The molecule has 1 rings (SSSR count).